The average molecular weight is 2380 g/mol. The molecule has 37 nitrogen and oxygen atoms in total. The molecule has 150 heavy (non-hydrogen) atoms. The van der Waals surface area contributed by atoms with Crippen molar-refractivity contribution in [3.8, 4) is 17.5 Å². The van der Waals surface area contributed by atoms with Gasteiger partial charge in [0.25, 0.3) is 22.2 Å². The summed E-state index contributed by atoms with van der Waals surface area (Å²) < 4.78 is 26.0. The summed E-state index contributed by atoms with van der Waals surface area (Å²) in [5.74, 6) is 5.86. The van der Waals surface area contributed by atoms with E-state index in [0.29, 0.717) is 110 Å². The molecule has 2 amide bonds. The van der Waals surface area contributed by atoms with Crippen LogP contribution in [-0.2, 0) is 48.4 Å². The molecule has 16 aromatic rings. The third kappa shape index (κ3) is 27.8. The monoisotopic (exact) mass is 2380 g/mol. The number of aromatic nitrogens is 21. The Morgan fingerprint density at radius 1 is 0.467 bits per heavy atom. The fourth-order valence-corrected chi connectivity index (χ4v) is 23.4. The molecule has 794 valence electrons. The van der Waals surface area contributed by atoms with E-state index < -0.39 is 18.3 Å². The summed E-state index contributed by atoms with van der Waals surface area (Å²) in [4.78, 5) is 137. The van der Waals surface area contributed by atoms with E-state index in [1.165, 1.54) is 102 Å². The van der Waals surface area contributed by atoms with Crippen molar-refractivity contribution in [1.82, 2.24) is 118 Å². The number of aromatic amines is 1. The van der Waals surface area contributed by atoms with Crippen LogP contribution in [-0.4, -0.2) is 185 Å². The lowest BCUT2D eigenvalue weighted by atomic mass is 9.84. The van der Waals surface area contributed by atoms with Crippen molar-refractivity contribution in [1.29, 1.82) is 0 Å². The van der Waals surface area contributed by atoms with Gasteiger partial charge in [0, 0.05) is 149 Å². The quantitative estimate of drug-likeness (QED) is 0.0181. The Morgan fingerprint density at radius 3 is 1.24 bits per heavy atom. The standard InChI is InChI=1S/C28H33N7O3S.C23H25N7OS.C15H17N5OS2.C14H20N2O2.C9H12N4OS.C6H6BrNS.C3H7BO2.C3HBr2NS.ClH/c1-16(2)34-25(36)21-13-29-26(32-23(21)35(34)22-15-39-24(31-22)17-6-7-17)30-20-9-8-19-14-33(11-10-18(19)12-20)27(37)38-28(3,4)5;1-13(2)29-22(31)18-11-25-23(26-17-6-5-16-10-24-8-7-15(16)9-17)28-20(18)30(29)19-12-32-21(27-19)14-3-4-14;1-8(2)19-14(21)10-6-16-15(22-3)18-12(10)20(19)11-7-23-13(17-11)9-4-5-9;1-14(2,3)18-13(17)16-7-6-10-8-12(15)5-4-11(10)9-16;1-5(2)13-8(14)6-4-10-9(15-3)11-7(6)12-13;7-5-3-9-6(8-5)4-1-2-4;5-4(6)3-1-2-3;4-2-1-7-3(5)6-2;/h8-9,12-13,15-17H,6-7,10-11,14H2,1-5H3,(H,29,30,32);5-6,9,11-14,24H,3-4,7-8,10H2,1-2H3,(H,25,26,28);6-9H,4-5H2,1-3H3;4-5,8H,6-7,9,15H2,1-3H3;4-5H,1-3H3,(H,10,11,12);3-4H,1-2H2;3,5-6H,1-2H2;1H;1H. The third-order valence-corrected chi connectivity index (χ3v) is 32.8. The summed E-state index contributed by atoms with van der Waals surface area (Å²) in [6.07, 6.45) is 24.1. The number of benzene rings is 3. The van der Waals surface area contributed by atoms with Crippen LogP contribution in [0.2, 0.25) is 5.82 Å². The summed E-state index contributed by atoms with van der Waals surface area (Å²) in [6, 6.07) is 18.3. The number of thiazole rings is 5. The van der Waals surface area contributed by atoms with Gasteiger partial charge in [-0.1, -0.05) is 54.6 Å². The van der Waals surface area contributed by atoms with Crippen LogP contribution in [0.15, 0.2) is 149 Å². The van der Waals surface area contributed by atoms with Gasteiger partial charge in [-0.3, -0.25) is 24.3 Å². The van der Waals surface area contributed by atoms with Gasteiger partial charge in [0.1, 0.15) is 42.0 Å². The lowest BCUT2D eigenvalue weighted by molar-refractivity contribution is 0.0214. The Kier molecular flexibility index (Phi) is 36.2. The summed E-state index contributed by atoms with van der Waals surface area (Å²) in [6.45, 7) is 31.4. The summed E-state index contributed by atoms with van der Waals surface area (Å²) >= 11 is 21.0. The van der Waals surface area contributed by atoms with Crippen LogP contribution < -0.4 is 43.9 Å². The molecule has 0 radical (unpaired) electrons. The van der Waals surface area contributed by atoms with E-state index in [1.807, 2.05) is 187 Å². The van der Waals surface area contributed by atoms with Crippen molar-refractivity contribution < 1.29 is 29.1 Å². The second-order valence-corrected chi connectivity index (χ2v) is 49.4. The summed E-state index contributed by atoms with van der Waals surface area (Å²) in [5, 5.41) is 47.6. The number of nitrogens with zero attached hydrogens (tertiary/aromatic N) is 22. The van der Waals surface area contributed by atoms with E-state index in [-0.39, 0.29) is 76.8 Å². The zero-order valence-electron chi connectivity index (χ0n) is 86.1. The lowest BCUT2D eigenvalue weighted by Crippen LogP contribution is -2.39. The van der Waals surface area contributed by atoms with E-state index in [1.54, 1.807) is 110 Å². The number of anilines is 5. The van der Waals surface area contributed by atoms with Gasteiger partial charge in [-0.15, -0.1) is 69.1 Å². The molecule has 49 heteroatoms. The van der Waals surface area contributed by atoms with Crippen LogP contribution in [0.3, 0.4) is 0 Å². The maximum absolute atomic E-state index is 13.3. The molecule has 3 aromatic carbocycles. The second-order valence-electron chi connectivity index (χ2n) is 40.5. The molecule has 16 heterocycles. The number of hydrogen-bond acceptors (Lipinski definition) is 34. The van der Waals surface area contributed by atoms with Crippen molar-refractivity contribution in [2.24, 2.45) is 0 Å². The molecule has 0 saturated heterocycles. The van der Waals surface area contributed by atoms with Crippen LogP contribution in [0.25, 0.3) is 61.6 Å². The molecule has 24 rings (SSSR count). The minimum absolute atomic E-state index is 0. The molecule has 0 bridgehead atoms. The van der Waals surface area contributed by atoms with E-state index in [2.05, 4.69) is 127 Å². The van der Waals surface area contributed by atoms with Crippen molar-refractivity contribution in [2.75, 3.05) is 48.5 Å². The van der Waals surface area contributed by atoms with Crippen molar-refractivity contribution in [2.45, 2.75) is 275 Å². The van der Waals surface area contributed by atoms with Crippen molar-refractivity contribution in [3.05, 3.63) is 214 Å². The van der Waals surface area contributed by atoms with Gasteiger partial charge in [-0.25, -0.2) is 97.2 Å². The number of carbonyl (C=O) groups excluding carboxylic acids is 2. The number of fused-ring (bicyclic) bond motifs is 7. The SMILES string of the molecule is Brc1csc(Br)n1.Brc1csc(C2CC2)n1.CC(C)(C)OC(=O)N1CCc2cc(N)ccc2C1.CC(C)n1c(=O)c2cnc(Nc3ccc4c(c3)CCN(C(=O)OC(C)(C)C)C4)nc2n1-c1csc(C2CC2)n1.CC(C)n1c(=O)c2cnc(Nc3ccc4c(c3)CCNC4)nc2n1-c1csc(C2CC2)n1.CSc1ncc2c(=O)n(C(C)C)[nH]c2n1.CSc1ncc2c(=O)n(C(C)C)n(-c3csc(C4CC4)n3)c2n1.Cl.OB(O)C1CC1. The predicted molar refractivity (Wildman–Crippen MR) is 612 cm³/mol. The highest BCUT2D eigenvalue weighted by Gasteiger charge is 2.37. The number of carbonyl (C=O) groups is 2. The third-order valence-electron chi connectivity index (χ3n) is 24.9. The Labute approximate surface area is 927 Å². The smallest absolute Gasteiger partial charge is 0.444 e. The molecule has 0 unspecified atom stereocenters. The molecular formula is C101H122BBr3ClN27O10S7. The Morgan fingerprint density at radius 2 is 0.860 bits per heavy atom. The first-order valence-electron chi connectivity index (χ1n) is 49.7. The normalized spacial score (nSPS) is 15.1. The molecule has 0 spiro atoms. The summed E-state index contributed by atoms with van der Waals surface area (Å²) in [5.41, 5.74) is 16.7. The molecule has 5 saturated carbocycles. The first-order chi connectivity index (χ1) is 71.2. The molecule has 0 atom stereocenters. The number of thioether (sulfide) groups is 2. The van der Waals surface area contributed by atoms with Crippen molar-refractivity contribution in [3.63, 3.8) is 0 Å². The van der Waals surface area contributed by atoms with Gasteiger partial charge in [0.2, 0.25) is 11.9 Å². The number of halogens is 4. The number of hydrogen-bond donors (Lipinski definition) is 7. The highest BCUT2D eigenvalue weighted by Crippen LogP contribution is 2.46. The zero-order valence-corrected chi connectivity index (χ0v) is 97.4. The van der Waals surface area contributed by atoms with Crippen LogP contribution in [0.1, 0.15) is 262 Å². The number of nitrogens with two attached hydrogens (primary N) is 1. The van der Waals surface area contributed by atoms with E-state index >= 15 is 0 Å². The van der Waals surface area contributed by atoms with Crippen molar-refractivity contribution >= 4 is 233 Å². The molecule has 8 aliphatic rings. The van der Waals surface area contributed by atoms with Crippen LogP contribution >= 0.6 is 140 Å². The fourth-order valence-electron chi connectivity index (χ4n) is 16.7. The number of rotatable bonds is 18. The van der Waals surface area contributed by atoms with Crippen LogP contribution in [0, 0.1) is 0 Å². The van der Waals surface area contributed by atoms with Gasteiger partial charge < -0.3 is 51.0 Å². The molecule has 5 fully saturated rings. The minimum Gasteiger partial charge on any atom is -0.444 e. The maximum atomic E-state index is 13.3. The molecule has 3 aliphatic heterocycles. The predicted octanol–water partition coefficient (Wildman–Crippen LogP) is 22.1. The maximum Gasteiger partial charge on any atom is 0.454 e. The van der Waals surface area contributed by atoms with Crippen LogP contribution in [0.5, 0.6) is 0 Å². The number of H-pyrrole nitrogens is 1. The Bertz CT molecular complexity index is 7760. The van der Waals surface area contributed by atoms with E-state index in [9.17, 15) is 28.8 Å². The number of nitrogen functional groups attached to an aromatic ring is 1. The molecule has 5 aliphatic carbocycles. The number of nitrogens with one attached hydrogen (secondary N) is 4. The van der Waals surface area contributed by atoms with E-state index in [0.717, 1.165) is 125 Å². The first kappa shape index (κ1) is 112. The average Bonchev–Trinajstić information content (AvgIpc) is 1.60. The van der Waals surface area contributed by atoms with Gasteiger partial charge >= 0.3 is 19.3 Å². The highest BCUT2D eigenvalue weighted by molar-refractivity contribution is 9.11. The molecular weight excluding hydrogens is 2260 g/mol. The van der Waals surface area contributed by atoms with Crippen LogP contribution in [0.4, 0.5) is 38.5 Å². The second kappa shape index (κ2) is 48.5. The Hall–Kier alpha value is -10.5. The highest BCUT2D eigenvalue weighted by atomic mass is 79.9. The Balaban J connectivity index is 0.000000130. The zero-order chi connectivity index (χ0) is 106. The topological polar surface area (TPSA) is 448 Å². The fraction of sp³-hybridized carbons (Fsp3) is 0.455. The van der Waals surface area contributed by atoms with Gasteiger partial charge in [0.15, 0.2) is 54.3 Å². The van der Waals surface area contributed by atoms with Gasteiger partial charge in [-0.2, -0.15) is 9.97 Å². The van der Waals surface area contributed by atoms with Gasteiger partial charge in [-0.05, 0) is 310 Å². The number of amides is 2. The molecule has 8 N–H and O–H groups in total. The lowest BCUT2D eigenvalue weighted by Gasteiger charge is -2.31. The first-order valence-corrected chi connectivity index (χ1v) is 58.9. The van der Waals surface area contributed by atoms with Gasteiger partial charge in [0.05, 0.1) is 20.0 Å². The number of ether oxygens (including phenoxy) is 2. The largest absolute Gasteiger partial charge is 0.454 e. The molecule has 13 aromatic heterocycles. The summed E-state index contributed by atoms with van der Waals surface area (Å²) in [7, 11) is -1.04. The minimum atomic E-state index is -1.04. The van der Waals surface area contributed by atoms with E-state index in [4.69, 9.17) is 50.2 Å².